The highest BCUT2D eigenvalue weighted by molar-refractivity contribution is 7.98. The Bertz CT molecular complexity index is 1330. The SMILES string of the molecule is CCOCCCn1c(SCc2cc(F)c(F)cc2F)nc2cc(S(=O)(=O)N3CCC[C@@H](C)C3)ccc21. The number of imidazole rings is 1. The molecule has 0 unspecified atom stereocenters. The van der Waals surface area contributed by atoms with Crippen molar-refractivity contribution in [1.29, 1.82) is 0 Å². The van der Waals surface area contributed by atoms with Crippen LogP contribution in [0.15, 0.2) is 40.4 Å². The van der Waals surface area contributed by atoms with E-state index in [4.69, 9.17) is 4.74 Å². The number of sulfonamides is 1. The van der Waals surface area contributed by atoms with Gasteiger partial charge in [-0.25, -0.2) is 26.6 Å². The zero-order valence-corrected chi connectivity index (χ0v) is 22.0. The maximum atomic E-state index is 14.2. The minimum atomic E-state index is -3.65. The first-order valence-electron chi connectivity index (χ1n) is 12.0. The normalized spacial score (nSPS) is 17.2. The molecule has 2 heterocycles. The quantitative estimate of drug-likeness (QED) is 0.190. The summed E-state index contributed by atoms with van der Waals surface area (Å²) in [5.74, 6) is -2.83. The lowest BCUT2D eigenvalue weighted by Gasteiger charge is -2.30. The number of piperidine rings is 1. The minimum Gasteiger partial charge on any atom is -0.382 e. The van der Waals surface area contributed by atoms with Gasteiger partial charge >= 0.3 is 0 Å². The van der Waals surface area contributed by atoms with Crippen LogP contribution in [0.2, 0.25) is 0 Å². The molecule has 1 aliphatic heterocycles. The Balaban J connectivity index is 1.64. The van der Waals surface area contributed by atoms with Gasteiger partial charge in [0.1, 0.15) is 5.82 Å². The zero-order chi connectivity index (χ0) is 25.9. The van der Waals surface area contributed by atoms with Crippen molar-refractivity contribution in [2.45, 2.75) is 55.5 Å². The van der Waals surface area contributed by atoms with Crippen LogP contribution in [0, 0.1) is 23.4 Å². The molecule has 1 atom stereocenters. The predicted octanol–water partition coefficient (Wildman–Crippen LogP) is 5.59. The van der Waals surface area contributed by atoms with E-state index in [1.54, 1.807) is 18.2 Å². The van der Waals surface area contributed by atoms with Crippen molar-refractivity contribution in [2.75, 3.05) is 26.3 Å². The number of nitrogens with zero attached hydrogens (tertiary/aromatic N) is 3. The Morgan fingerprint density at radius 1 is 1.14 bits per heavy atom. The average Bonchev–Trinajstić information content (AvgIpc) is 3.20. The van der Waals surface area contributed by atoms with Crippen LogP contribution in [0.4, 0.5) is 13.2 Å². The van der Waals surface area contributed by atoms with Gasteiger partial charge in [-0.05, 0) is 56.4 Å². The Kier molecular flexibility index (Phi) is 8.64. The van der Waals surface area contributed by atoms with Gasteiger partial charge in [0.25, 0.3) is 0 Å². The number of hydrogen-bond donors (Lipinski definition) is 0. The first kappa shape index (κ1) is 27.0. The van der Waals surface area contributed by atoms with Gasteiger partial charge in [-0.1, -0.05) is 18.7 Å². The van der Waals surface area contributed by atoms with E-state index in [2.05, 4.69) is 4.98 Å². The molecule has 0 bridgehead atoms. The lowest BCUT2D eigenvalue weighted by molar-refractivity contribution is 0.141. The van der Waals surface area contributed by atoms with Gasteiger partial charge in [-0.2, -0.15) is 4.31 Å². The van der Waals surface area contributed by atoms with Crippen LogP contribution >= 0.6 is 11.8 Å². The lowest BCUT2D eigenvalue weighted by atomic mass is 10.0. The summed E-state index contributed by atoms with van der Waals surface area (Å²) in [6.07, 6.45) is 2.53. The summed E-state index contributed by atoms with van der Waals surface area (Å²) in [6, 6.07) is 6.30. The summed E-state index contributed by atoms with van der Waals surface area (Å²) in [6.45, 7) is 6.64. The number of aryl methyl sites for hydroxylation is 1. The molecule has 3 aromatic rings. The van der Waals surface area contributed by atoms with Crippen LogP contribution in [-0.4, -0.2) is 48.6 Å². The fraction of sp³-hybridized carbons (Fsp3) is 0.480. The summed E-state index contributed by atoms with van der Waals surface area (Å²) >= 11 is 1.18. The number of thioether (sulfide) groups is 1. The largest absolute Gasteiger partial charge is 0.382 e. The Morgan fingerprint density at radius 2 is 1.92 bits per heavy atom. The fourth-order valence-corrected chi connectivity index (χ4v) is 7.01. The van der Waals surface area contributed by atoms with Crippen molar-refractivity contribution >= 4 is 32.8 Å². The number of fused-ring (bicyclic) bond motifs is 1. The molecule has 11 heteroatoms. The molecule has 0 N–H and O–H groups in total. The van der Waals surface area contributed by atoms with E-state index in [0.29, 0.717) is 61.9 Å². The third-order valence-corrected chi connectivity index (χ3v) is 9.15. The highest BCUT2D eigenvalue weighted by Gasteiger charge is 2.29. The second kappa shape index (κ2) is 11.5. The molecular formula is C25H30F3N3O3S2. The maximum Gasteiger partial charge on any atom is 0.243 e. The van der Waals surface area contributed by atoms with Crippen LogP contribution in [0.25, 0.3) is 11.0 Å². The molecule has 0 spiro atoms. The second-order valence-corrected chi connectivity index (χ2v) is 11.9. The van der Waals surface area contributed by atoms with Crippen molar-refractivity contribution in [3.63, 3.8) is 0 Å². The molecule has 2 aromatic carbocycles. The number of rotatable bonds is 10. The molecular weight excluding hydrogens is 511 g/mol. The third kappa shape index (κ3) is 5.90. The fourth-order valence-electron chi connectivity index (χ4n) is 4.37. The van der Waals surface area contributed by atoms with Crippen molar-refractivity contribution < 1.29 is 26.3 Å². The number of hydrogen-bond acceptors (Lipinski definition) is 5. The molecule has 0 saturated carbocycles. The van der Waals surface area contributed by atoms with E-state index in [9.17, 15) is 21.6 Å². The van der Waals surface area contributed by atoms with Gasteiger partial charge in [-0.15, -0.1) is 0 Å². The standard InChI is InChI=1S/C25H30F3N3O3S2/c1-3-34-11-5-10-31-24-8-7-19(36(32,33)30-9-4-6-17(2)15-30)13-23(24)29-25(31)35-16-18-12-21(27)22(28)14-20(18)26/h7-8,12-14,17H,3-6,9-11,15-16H2,1-2H3/t17-/m1/s1. The van der Waals surface area contributed by atoms with Gasteiger partial charge in [0.2, 0.25) is 10.0 Å². The Hall–Kier alpha value is -2.08. The first-order valence-corrected chi connectivity index (χ1v) is 14.5. The minimum absolute atomic E-state index is 0.0225. The molecule has 1 fully saturated rings. The molecule has 0 amide bonds. The molecule has 196 valence electrons. The van der Waals surface area contributed by atoms with Gasteiger partial charge in [0, 0.05) is 50.2 Å². The third-order valence-electron chi connectivity index (χ3n) is 6.26. The van der Waals surface area contributed by atoms with Crippen LogP contribution in [0.1, 0.15) is 38.7 Å². The van der Waals surface area contributed by atoms with Gasteiger partial charge in [0.15, 0.2) is 16.8 Å². The summed E-state index contributed by atoms with van der Waals surface area (Å²) in [5.41, 5.74) is 1.27. The highest BCUT2D eigenvalue weighted by Crippen LogP contribution is 2.31. The second-order valence-electron chi connectivity index (χ2n) is 9.00. The van der Waals surface area contributed by atoms with Crippen molar-refractivity contribution in [2.24, 2.45) is 5.92 Å². The lowest BCUT2D eigenvalue weighted by Crippen LogP contribution is -2.39. The maximum absolute atomic E-state index is 14.2. The Morgan fingerprint density at radius 3 is 2.67 bits per heavy atom. The number of benzene rings is 2. The topological polar surface area (TPSA) is 64.4 Å². The first-order chi connectivity index (χ1) is 17.2. The Labute approximate surface area is 213 Å². The average molecular weight is 542 g/mol. The molecule has 1 aromatic heterocycles. The van der Waals surface area contributed by atoms with Gasteiger partial charge < -0.3 is 9.30 Å². The number of ether oxygens (including phenoxy) is 1. The molecule has 1 aliphatic rings. The molecule has 4 rings (SSSR count). The van der Waals surface area contributed by atoms with Crippen LogP contribution < -0.4 is 0 Å². The molecule has 1 saturated heterocycles. The van der Waals surface area contributed by atoms with Gasteiger partial charge in [-0.3, -0.25) is 0 Å². The van der Waals surface area contributed by atoms with Crippen LogP contribution in [0.3, 0.4) is 0 Å². The summed E-state index contributed by atoms with van der Waals surface area (Å²) in [4.78, 5) is 4.83. The summed E-state index contributed by atoms with van der Waals surface area (Å²) in [5, 5.41) is 0.534. The summed E-state index contributed by atoms with van der Waals surface area (Å²) < 4.78 is 76.6. The van der Waals surface area contributed by atoms with Crippen molar-refractivity contribution in [3.05, 3.63) is 53.3 Å². The number of halogens is 3. The summed E-state index contributed by atoms with van der Waals surface area (Å²) in [7, 11) is -3.65. The van der Waals surface area contributed by atoms with Gasteiger partial charge in [0.05, 0.1) is 15.9 Å². The van der Waals surface area contributed by atoms with E-state index in [1.807, 2.05) is 18.4 Å². The van der Waals surface area contributed by atoms with E-state index >= 15 is 0 Å². The van der Waals surface area contributed by atoms with E-state index in [-0.39, 0.29) is 16.2 Å². The number of aromatic nitrogens is 2. The predicted molar refractivity (Wildman–Crippen MR) is 134 cm³/mol. The van der Waals surface area contributed by atoms with Crippen LogP contribution in [0.5, 0.6) is 0 Å². The molecule has 0 radical (unpaired) electrons. The zero-order valence-electron chi connectivity index (χ0n) is 20.3. The smallest absolute Gasteiger partial charge is 0.243 e. The molecule has 0 aliphatic carbocycles. The van der Waals surface area contributed by atoms with Crippen molar-refractivity contribution in [3.8, 4) is 0 Å². The van der Waals surface area contributed by atoms with E-state index in [0.717, 1.165) is 24.4 Å². The molecule has 36 heavy (non-hydrogen) atoms. The highest BCUT2D eigenvalue weighted by atomic mass is 32.2. The van der Waals surface area contributed by atoms with Crippen molar-refractivity contribution in [1.82, 2.24) is 13.9 Å². The monoisotopic (exact) mass is 541 g/mol. The van der Waals surface area contributed by atoms with Crippen LogP contribution in [-0.2, 0) is 27.1 Å². The molecule has 6 nitrogen and oxygen atoms in total. The van der Waals surface area contributed by atoms with E-state index in [1.165, 1.54) is 16.1 Å². The van der Waals surface area contributed by atoms with E-state index < -0.39 is 27.5 Å².